The Bertz CT molecular complexity index is 1060. The van der Waals surface area contributed by atoms with Crippen LogP contribution in [0.15, 0.2) is 54.9 Å². The molecule has 0 fully saturated rings. The van der Waals surface area contributed by atoms with Crippen molar-refractivity contribution >= 4 is 34.9 Å². The molecule has 0 unspecified atom stereocenters. The van der Waals surface area contributed by atoms with Crippen molar-refractivity contribution in [1.82, 2.24) is 15.4 Å². The topological polar surface area (TPSA) is 140 Å². The highest BCUT2D eigenvalue weighted by molar-refractivity contribution is 5.97. The second-order valence-corrected chi connectivity index (χ2v) is 5.95. The van der Waals surface area contributed by atoms with E-state index in [9.17, 15) is 9.59 Å². The molecule has 0 atom stereocenters. The number of anilines is 4. The Morgan fingerprint density at radius 2 is 1.67 bits per heavy atom. The van der Waals surface area contributed by atoms with Crippen LogP contribution in [0.4, 0.5) is 23.0 Å². The van der Waals surface area contributed by atoms with E-state index in [1.54, 1.807) is 55.6 Å². The van der Waals surface area contributed by atoms with Crippen LogP contribution in [0.3, 0.4) is 0 Å². The molecule has 0 aliphatic rings. The molecule has 0 saturated carbocycles. The van der Waals surface area contributed by atoms with Crippen molar-refractivity contribution in [2.45, 2.75) is 0 Å². The number of para-hydroxylation sites is 1. The highest BCUT2D eigenvalue weighted by atomic mass is 16.5. The van der Waals surface area contributed by atoms with Crippen molar-refractivity contribution in [1.29, 1.82) is 0 Å². The Hall–Kier alpha value is -4.34. The highest BCUT2D eigenvalue weighted by Crippen LogP contribution is 2.27. The normalized spacial score (nSPS) is 10.1. The van der Waals surface area contributed by atoms with E-state index in [-0.39, 0.29) is 23.2 Å². The number of nitrogen functional groups attached to an aromatic ring is 1. The van der Waals surface area contributed by atoms with Gasteiger partial charge in [0.2, 0.25) is 0 Å². The Balaban J connectivity index is 1.74. The van der Waals surface area contributed by atoms with Crippen molar-refractivity contribution in [2.75, 3.05) is 30.7 Å². The zero-order chi connectivity index (χ0) is 21.5. The third kappa shape index (κ3) is 4.55. The van der Waals surface area contributed by atoms with Gasteiger partial charge in [0.05, 0.1) is 25.5 Å². The lowest BCUT2D eigenvalue weighted by Gasteiger charge is -2.14. The monoisotopic (exact) mass is 408 g/mol. The van der Waals surface area contributed by atoms with E-state index in [2.05, 4.69) is 26.1 Å². The average molecular weight is 408 g/mol. The fourth-order valence-electron chi connectivity index (χ4n) is 2.53. The van der Waals surface area contributed by atoms with E-state index in [0.717, 1.165) is 0 Å². The summed E-state index contributed by atoms with van der Waals surface area (Å²) in [6.07, 6.45) is 1.27. The molecule has 10 heteroatoms. The van der Waals surface area contributed by atoms with Crippen molar-refractivity contribution < 1.29 is 19.1 Å². The Kier molecular flexibility index (Phi) is 6.28. The fourth-order valence-corrected chi connectivity index (χ4v) is 2.53. The van der Waals surface area contributed by atoms with Gasteiger partial charge in [-0.25, -0.2) is 14.8 Å². The lowest BCUT2D eigenvalue weighted by atomic mass is 10.2. The number of carbonyl (C=O) groups is 2. The number of ether oxygens (including phenoxy) is 2. The van der Waals surface area contributed by atoms with E-state index < -0.39 is 5.97 Å². The number of methoxy groups -OCH3 is 2. The molecule has 0 aliphatic carbocycles. The molecule has 0 radical (unpaired) electrons. The fraction of sp³-hybridized carbons (Fsp3) is 0.100. The summed E-state index contributed by atoms with van der Waals surface area (Å²) >= 11 is 0. The largest absolute Gasteiger partial charge is 0.497 e. The van der Waals surface area contributed by atoms with Crippen molar-refractivity contribution in [3.8, 4) is 5.75 Å². The minimum atomic E-state index is -0.504. The predicted molar refractivity (Wildman–Crippen MR) is 112 cm³/mol. The zero-order valence-corrected chi connectivity index (χ0v) is 16.3. The second-order valence-electron chi connectivity index (χ2n) is 5.95. The highest BCUT2D eigenvalue weighted by Gasteiger charge is 2.15. The standard InChI is InChI=1S/C20H20N6O4/c1-29-13-9-7-12(8-10-13)19(27)26-25-18-16(21)17(22-11-23-18)24-15-6-4-3-5-14(15)20(28)30-2/h3-11H,21H2,1-2H3,(H,26,27)(H2,22,23,24,25). The molecule has 1 heterocycles. The van der Waals surface area contributed by atoms with Gasteiger partial charge in [0.1, 0.15) is 17.8 Å². The van der Waals surface area contributed by atoms with Crippen molar-refractivity contribution in [3.05, 3.63) is 66.0 Å². The average Bonchev–Trinajstić information content (AvgIpc) is 2.79. The van der Waals surface area contributed by atoms with Crippen LogP contribution in [-0.4, -0.2) is 36.1 Å². The molecule has 154 valence electrons. The number of amides is 1. The van der Waals surface area contributed by atoms with Gasteiger partial charge >= 0.3 is 5.97 Å². The molecule has 0 saturated heterocycles. The summed E-state index contributed by atoms with van der Waals surface area (Å²) in [5, 5.41) is 2.98. The molecular formula is C20H20N6O4. The summed E-state index contributed by atoms with van der Waals surface area (Å²) in [7, 11) is 2.84. The van der Waals surface area contributed by atoms with Crippen LogP contribution in [0, 0.1) is 0 Å². The first-order valence-corrected chi connectivity index (χ1v) is 8.78. The predicted octanol–water partition coefficient (Wildman–Crippen LogP) is 2.35. The van der Waals surface area contributed by atoms with E-state index in [1.807, 2.05) is 0 Å². The minimum Gasteiger partial charge on any atom is -0.497 e. The summed E-state index contributed by atoms with van der Waals surface area (Å²) in [5.74, 6) is 0.187. The maximum atomic E-state index is 12.3. The van der Waals surface area contributed by atoms with Crippen LogP contribution in [0.5, 0.6) is 5.75 Å². The lowest BCUT2D eigenvalue weighted by molar-refractivity contribution is 0.0601. The summed E-state index contributed by atoms with van der Waals surface area (Å²) in [5.41, 5.74) is 12.7. The summed E-state index contributed by atoms with van der Waals surface area (Å²) < 4.78 is 9.85. The number of benzene rings is 2. The third-order valence-electron chi connectivity index (χ3n) is 4.12. The maximum Gasteiger partial charge on any atom is 0.339 e. The third-order valence-corrected chi connectivity index (χ3v) is 4.12. The quantitative estimate of drug-likeness (QED) is 0.342. The van der Waals surface area contributed by atoms with E-state index in [0.29, 0.717) is 22.6 Å². The number of nitrogens with one attached hydrogen (secondary N) is 3. The molecular weight excluding hydrogens is 388 g/mol. The molecule has 2 aromatic carbocycles. The first-order chi connectivity index (χ1) is 14.5. The van der Waals surface area contributed by atoms with Crippen molar-refractivity contribution in [2.24, 2.45) is 0 Å². The first kappa shape index (κ1) is 20.4. The minimum absolute atomic E-state index is 0.146. The SMILES string of the molecule is COC(=O)c1ccccc1Nc1ncnc(NNC(=O)c2ccc(OC)cc2)c1N. The lowest BCUT2D eigenvalue weighted by Crippen LogP contribution is -2.30. The van der Waals surface area contributed by atoms with Crippen LogP contribution in [0.2, 0.25) is 0 Å². The number of hydrogen-bond acceptors (Lipinski definition) is 9. The number of rotatable bonds is 7. The zero-order valence-electron chi connectivity index (χ0n) is 16.3. The molecule has 0 bridgehead atoms. The van der Waals surface area contributed by atoms with Crippen molar-refractivity contribution in [3.63, 3.8) is 0 Å². The molecule has 0 spiro atoms. The molecule has 3 aromatic rings. The Labute approximate surface area is 172 Å². The van der Waals surface area contributed by atoms with Gasteiger partial charge in [0.25, 0.3) is 5.91 Å². The number of esters is 1. The van der Waals surface area contributed by atoms with Gasteiger partial charge in [0, 0.05) is 5.56 Å². The van der Waals surface area contributed by atoms with Crippen LogP contribution in [-0.2, 0) is 4.74 Å². The number of nitrogens with two attached hydrogens (primary N) is 1. The van der Waals surface area contributed by atoms with Crippen LogP contribution in [0.25, 0.3) is 0 Å². The van der Waals surface area contributed by atoms with E-state index >= 15 is 0 Å². The number of hydrogen-bond donors (Lipinski definition) is 4. The Morgan fingerprint density at radius 1 is 0.967 bits per heavy atom. The number of aromatic nitrogens is 2. The number of hydrazine groups is 1. The molecule has 3 rings (SSSR count). The van der Waals surface area contributed by atoms with E-state index in [1.165, 1.54) is 13.4 Å². The van der Waals surface area contributed by atoms with Gasteiger partial charge in [-0.3, -0.25) is 15.6 Å². The maximum absolute atomic E-state index is 12.3. The molecule has 30 heavy (non-hydrogen) atoms. The molecule has 10 nitrogen and oxygen atoms in total. The summed E-state index contributed by atoms with van der Waals surface area (Å²) in [4.78, 5) is 32.4. The molecule has 1 amide bonds. The van der Waals surface area contributed by atoms with Gasteiger partial charge in [0.15, 0.2) is 11.6 Å². The van der Waals surface area contributed by atoms with Gasteiger partial charge in [-0.2, -0.15) is 0 Å². The second kappa shape index (κ2) is 9.24. The Morgan fingerprint density at radius 3 is 2.37 bits per heavy atom. The van der Waals surface area contributed by atoms with Crippen LogP contribution < -0.4 is 26.6 Å². The van der Waals surface area contributed by atoms with Gasteiger partial charge in [-0.05, 0) is 36.4 Å². The first-order valence-electron chi connectivity index (χ1n) is 8.78. The van der Waals surface area contributed by atoms with Crippen LogP contribution in [0.1, 0.15) is 20.7 Å². The van der Waals surface area contributed by atoms with Gasteiger partial charge in [-0.15, -0.1) is 0 Å². The van der Waals surface area contributed by atoms with Gasteiger partial charge < -0.3 is 20.5 Å². The van der Waals surface area contributed by atoms with E-state index in [4.69, 9.17) is 15.2 Å². The molecule has 0 aliphatic heterocycles. The number of carbonyl (C=O) groups excluding carboxylic acids is 2. The summed E-state index contributed by atoms with van der Waals surface area (Å²) in [6.45, 7) is 0. The smallest absolute Gasteiger partial charge is 0.339 e. The van der Waals surface area contributed by atoms with Crippen LogP contribution >= 0.6 is 0 Å². The summed E-state index contributed by atoms with van der Waals surface area (Å²) in [6, 6.07) is 13.4. The molecule has 5 N–H and O–H groups in total. The molecule has 1 aromatic heterocycles. The number of nitrogens with zero attached hydrogens (tertiary/aromatic N) is 2. The van der Waals surface area contributed by atoms with Gasteiger partial charge in [-0.1, -0.05) is 12.1 Å².